The maximum Gasteiger partial charge on any atom is 0.242 e. The number of morpholine rings is 1. The molecule has 8 nitrogen and oxygen atoms in total. The van der Waals surface area contributed by atoms with E-state index < -0.39 is 0 Å². The van der Waals surface area contributed by atoms with E-state index in [9.17, 15) is 9.59 Å². The molecule has 2 aliphatic heterocycles. The predicted molar refractivity (Wildman–Crippen MR) is 110 cm³/mol. The van der Waals surface area contributed by atoms with Gasteiger partial charge in [0, 0.05) is 36.6 Å². The SMILES string of the molecule is O=C1CCCN1CC(=O)N1CCO[C@H](c2cc(CCOc3ccc(Cl)cc3)[nH]n2)C1. The maximum atomic E-state index is 12.6. The largest absolute Gasteiger partial charge is 0.493 e. The molecule has 0 saturated carbocycles. The maximum absolute atomic E-state index is 12.6. The van der Waals surface area contributed by atoms with Crippen LogP contribution in [0.15, 0.2) is 30.3 Å². The highest BCUT2D eigenvalue weighted by Crippen LogP contribution is 2.22. The third-order valence-corrected chi connectivity index (χ3v) is 5.60. The highest BCUT2D eigenvalue weighted by atomic mass is 35.5. The molecule has 0 bridgehead atoms. The van der Waals surface area contributed by atoms with Gasteiger partial charge in [0.05, 0.1) is 32.0 Å². The second-order valence-corrected chi connectivity index (χ2v) is 7.92. The number of hydrogen-bond acceptors (Lipinski definition) is 5. The molecule has 2 aliphatic rings. The number of benzene rings is 1. The van der Waals surface area contributed by atoms with E-state index in [1.165, 1.54) is 0 Å². The monoisotopic (exact) mass is 432 g/mol. The quantitative estimate of drug-likeness (QED) is 0.724. The van der Waals surface area contributed by atoms with Crippen LogP contribution in [0, 0.1) is 0 Å². The number of likely N-dealkylation sites (tertiary alicyclic amines) is 1. The van der Waals surface area contributed by atoms with Gasteiger partial charge in [-0.25, -0.2) is 0 Å². The number of aromatic nitrogens is 2. The number of halogens is 1. The van der Waals surface area contributed by atoms with E-state index in [-0.39, 0.29) is 24.5 Å². The summed E-state index contributed by atoms with van der Waals surface area (Å²) in [6.07, 6.45) is 1.76. The van der Waals surface area contributed by atoms with E-state index in [0.29, 0.717) is 50.7 Å². The molecule has 1 atom stereocenters. The van der Waals surface area contributed by atoms with E-state index >= 15 is 0 Å². The lowest BCUT2D eigenvalue weighted by atomic mass is 10.2. The van der Waals surface area contributed by atoms with E-state index in [1.807, 2.05) is 18.2 Å². The van der Waals surface area contributed by atoms with Crippen LogP contribution in [0.25, 0.3) is 0 Å². The summed E-state index contributed by atoms with van der Waals surface area (Å²) in [6.45, 7) is 2.74. The first-order valence-electron chi connectivity index (χ1n) is 10.2. The lowest BCUT2D eigenvalue weighted by molar-refractivity contribution is -0.143. The van der Waals surface area contributed by atoms with Gasteiger partial charge in [0.1, 0.15) is 11.9 Å². The predicted octanol–water partition coefficient (Wildman–Crippen LogP) is 2.21. The number of nitrogens with zero attached hydrogens (tertiary/aromatic N) is 3. The number of H-pyrrole nitrogens is 1. The fourth-order valence-corrected chi connectivity index (χ4v) is 3.80. The van der Waals surface area contributed by atoms with Crippen LogP contribution in [0.1, 0.15) is 30.3 Å². The number of rotatable bonds is 7. The molecule has 2 saturated heterocycles. The summed E-state index contributed by atoms with van der Waals surface area (Å²) in [5.41, 5.74) is 1.71. The minimum absolute atomic E-state index is 0.0364. The van der Waals surface area contributed by atoms with Crippen molar-refractivity contribution in [2.45, 2.75) is 25.4 Å². The third-order valence-electron chi connectivity index (χ3n) is 5.35. The number of hydrogen-bond donors (Lipinski definition) is 1. The Labute approximate surface area is 180 Å². The number of carbonyl (C=O) groups excluding carboxylic acids is 2. The van der Waals surface area contributed by atoms with Gasteiger partial charge in [0.2, 0.25) is 11.8 Å². The number of amides is 2. The third kappa shape index (κ3) is 5.12. The molecule has 1 N–H and O–H groups in total. The molecule has 0 unspecified atom stereocenters. The van der Waals surface area contributed by atoms with E-state index in [0.717, 1.165) is 23.6 Å². The van der Waals surface area contributed by atoms with Crippen LogP contribution in [0.4, 0.5) is 0 Å². The van der Waals surface area contributed by atoms with Crippen LogP contribution in [-0.4, -0.2) is 71.2 Å². The molecule has 1 aromatic carbocycles. The molecule has 1 aromatic heterocycles. The summed E-state index contributed by atoms with van der Waals surface area (Å²) >= 11 is 5.87. The standard InChI is InChI=1S/C21H25ClN4O4/c22-15-3-5-17(6-4-15)29-10-7-16-12-18(24-23-16)19-13-26(9-11-30-19)21(28)14-25-8-1-2-20(25)27/h3-6,12,19H,1-2,7-11,13-14H2,(H,23,24)/t19-/m0/s1. The molecular formula is C21H25ClN4O4. The van der Waals surface area contributed by atoms with E-state index in [1.54, 1.807) is 21.9 Å². The average molecular weight is 433 g/mol. The fraction of sp³-hybridized carbons (Fsp3) is 0.476. The highest BCUT2D eigenvalue weighted by molar-refractivity contribution is 6.30. The van der Waals surface area contributed by atoms with Crippen molar-refractivity contribution in [3.63, 3.8) is 0 Å². The number of aromatic amines is 1. The van der Waals surface area contributed by atoms with Gasteiger partial charge in [0.15, 0.2) is 0 Å². The van der Waals surface area contributed by atoms with E-state index in [4.69, 9.17) is 21.1 Å². The number of ether oxygens (including phenoxy) is 2. The van der Waals surface area contributed by atoms with Crippen LogP contribution in [0.3, 0.4) is 0 Å². The first-order valence-corrected chi connectivity index (χ1v) is 10.6. The van der Waals surface area contributed by atoms with Crippen molar-refractivity contribution < 1.29 is 19.1 Å². The van der Waals surface area contributed by atoms with Crippen LogP contribution in [0.5, 0.6) is 5.75 Å². The second kappa shape index (κ2) is 9.49. The van der Waals surface area contributed by atoms with Crippen molar-refractivity contribution in [2.24, 2.45) is 0 Å². The Morgan fingerprint density at radius 2 is 2.13 bits per heavy atom. The van der Waals surface area contributed by atoms with Crippen molar-refractivity contribution in [1.82, 2.24) is 20.0 Å². The molecular weight excluding hydrogens is 408 g/mol. The van der Waals surface area contributed by atoms with Crippen molar-refractivity contribution in [1.29, 1.82) is 0 Å². The number of nitrogens with one attached hydrogen (secondary N) is 1. The average Bonchev–Trinajstić information content (AvgIpc) is 3.39. The lowest BCUT2D eigenvalue weighted by Crippen LogP contribution is -2.47. The fourth-order valence-electron chi connectivity index (χ4n) is 3.67. The molecule has 2 aromatic rings. The van der Waals surface area contributed by atoms with Gasteiger partial charge < -0.3 is 19.3 Å². The Morgan fingerprint density at radius 1 is 1.30 bits per heavy atom. The van der Waals surface area contributed by atoms with Gasteiger partial charge in [-0.1, -0.05) is 11.6 Å². The van der Waals surface area contributed by atoms with Crippen LogP contribution < -0.4 is 4.74 Å². The van der Waals surface area contributed by atoms with Gasteiger partial charge in [-0.05, 0) is 36.8 Å². The summed E-state index contributed by atoms with van der Waals surface area (Å²) in [7, 11) is 0. The molecule has 30 heavy (non-hydrogen) atoms. The topological polar surface area (TPSA) is 87.8 Å². The molecule has 0 aliphatic carbocycles. The Kier molecular flexibility index (Phi) is 6.54. The summed E-state index contributed by atoms with van der Waals surface area (Å²) in [6, 6.07) is 9.19. The second-order valence-electron chi connectivity index (χ2n) is 7.49. The first kappa shape index (κ1) is 20.7. The minimum atomic E-state index is -0.279. The van der Waals surface area contributed by atoms with Gasteiger partial charge in [-0.3, -0.25) is 14.7 Å². The molecule has 4 rings (SSSR count). The van der Waals surface area contributed by atoms with Gasteiger partial charge in [-0.2, -0.15) is 5.10 Å². The summed E-state index contributed by atoms with van der Waals surface area (Å²) in [5, 5.41) is 8.05. The summed E-state index contributed by atoms with van der Waals surface area (Å²) in [4.78, 5) is 27.8. The van der Waals surface area contributed by atoms with Crippen molar-refractivity contribution >= 4 is 23.4 Å². The zero-order chi connectivity index (χ0) is 20.9. The molecule has 160 valence electrons. The minimum Gasteiger partial charge on any atom is -0.493 e. The van der Waals surface area contributed by atoms with Gasteiger partial charge in [-0.15, -0.1) is 0 Å². The normalized spacial score (nSPS) is 19.4. The van der Waals surface area contributed by atoms with E-state index in [2.05, 4.69) is 10.2 Å². The van der Waals surface area contributed by atoms with Gasteiger partial charge in [0.25, 0.3) is 0 Å². The van der Waals surface area contributed by atoms with Crippen molar-refractivity contribution in [3.8, 4) is 5.75 Å². The van der Waals surface area contributed by atoms with Crippen LogP contribution >= 0.6 is 11.6 Å². The molecule has 3 heterocycles. The zero-order valence-electron chi connectivity index (χ0n) is 16.7. The molecule has 0 spiro atoms. The summed E-state index contributed by atoms with van der Waals surface area (Å²) < 4.78 is 11.6. The van der Waals surface area contributed by atoms with Crippen LogP contribution in [-0.2, 0) is 20.7 Å². The Morgan fingerprint density at radius 3 is 2.90 bits per heavy atom. The first-order chi connectivity index (χ1) is 14.6. The molecule has 9 heteroatoms. The number of carbonyl (C=O) groups is 2. The van der Waals surface area contributed by atoms with Crippen molar-refractivity contribution in [2.75, 3.05) is 39.4 Å². The molecule has 2 fully saturated rings. The van der Waals surface area contributed by atoms with Crippen molar-refractivity contribution in [3.05, 3.63) is 46.7 Å². The van der Waals surface area contributed by atoms with Crippen LogP contribution in [0.2, 0.25) is 5.02 Å². The lowest BCUT2D eigenvalue weighted by Gasteiger charge is -2.33. The molecule has 0 radical (unpaired) electrons. The Balaban J connectivity index is 1.27. The summed E-state index contributed by atoms with van der Waals surface area (Å²) in [5.74, 6) is 0.789. The zero-order valence-corrected chi connectivity index (χ0v) is 17.4. The molecule has 2 amide bonds. The Hall–Kier alpha value is -2.58. The highest BCUT2D eigenvalue weighted by Gasteiger charge is 2.30. The Bertz CT molecular complexity index is 885. The van der Waals surface area contributed by atoms with Gasteiger partial charge >= 0.3 is 0 Å². The smallest absolute Gasteiger partial charge is 0.242 e.